The third kappa shape index (κ3) is 2.53. The topological polar surface area (TPSA) is 68.5 Å². The summed E-state index contributed by atoms with van der Waals surface area (Å²) in [5, 5.41) is 3.78. The van der Waals surface area contributed by atoms with Crippen molar-refractivity contribution >= 4 is 44.2 Å². The quantitative estimate of drug-likeness (QED) is 0.571. The molecule has 0 bridgehead atoms. The highest BCUT2D eigenvalue weighted by Gasteiger charge is 2.29. The van der Waals surface area contributed by atoms with Crippen LogP contribution in [0.25, 0.3) is 10.9 Å². The molecule has 0 fully saturated rings. The molecule has 0 atom stereocenters. The van der Waals surface area contributed by atoms with Crippen molar-refractivity contribution in [2.24, 2.45) is 5.18 Å². The van der Waals surface area contributed by atoms with E-state index in [0.717, 1.165) is 33.8 Å². The third-order valence-corrected chi connectivity index (χ3v) is 5.04. The Bertz CT molecular complexity index is 1030. The summed E-state index contributed by atoms with van der Waals surface area (Å²) in [5.41, 5.74) is 2.82. The summed E-state index contributed by atoms with van der Waals surface area (Å²) in [6, 6.07) is 11.8. The van der Waals surface area contributed by atoms with Gasteiger partial charge in [-0.2, -0.15) is 0 Å². The number of hydrogen-bond acceptors (Lipinski definition) is 4. The first-order chi connectivity index (χ1) is 12.1. The maximum Gasteiger partial charge on any atom is 0.262 e. The van der Waals surface area contributed by atoms with Gasteiger partial charge >= 0.3 is 0 Å². The van der Waals surface area contributed by atoms with Crippen LogP contribution in [0.15, 0.2) is 52.1 Å². The van der Waals surface area contributed by atoms with Gasteiger partial charge in [0.15, 0.2) is 5.78 Å². The second-order valence-electron chi connectivity index (χ2n) is 6.04. The zero-order valence-electron chi connectivity index (χ0n) is 13.2. The van der Waals surface area contributed by atoms with E-state index in [1.807, 2.05) is 18.2 Å². The van der Waals surface area contributed by atoms with Gasteiger partial charge in [-0.05, 0) is 66.0 Å². The molecule has 5 nitrogen and oxygen atoms in total. The molecule has 0 radical (unpaired) electrons. The minimum atomic E-state index is -0.277. The predicted molar refractivity (Wildman–Crippen MR) is 98.5 cm³/mol. The lowest BCUT2D eigenvalue weighted by Crippen LogP contribution is -2.21. The van der Waals surface area contributed by atoms with Gasteiger partial charge < -0.3 is 0 Å². The minimum absolute atomic E-state index is 0.00639. The molecule has 0 saturated carbocycles. The van der Waals surface area contributed by atoms with Crippen LogP contribution >= 0.6 is 15.9 Å². The molecule has 0 aliphatic heterocycles. The average molecular weight is 397 g/mol. The standard InChI is InChI=1S/C19H13BrN2O3/c20-12-6-9-16-15(10-12)14-2-1-3-17(23)18(14)22(16)19(24)11-4-7-13(21-25)8-5-11/h4-10H,1-3H2. The Morgan fingerprint density at radius 2 is 1.84 bits per heavy atom. The summed E-state index contributed by atoms with van der Waals surface area (Å²) in [7, 11) is 0. The minimum Gasteiger partial charge on any atom is -0.293 e. The number of hydrogen-bond donors (Lipinski definition) is 0. The van der Waals surface area contributed by atoms with Crippen LogP contribution in [0.3, 0.4) is 0 Å². The van der Waals surface area contributed by atoms with Crippen LogP contribution in [0.2, 0.25) is 0 Å². The molecular weight excluding hydrogens is 384 g/mol. The van der Waals surface area contributed by atoms with Crippen molar-refractivity contribution in [3.05, 3.63) is 68.7 Å². The molecule has 4 rings (SSSR count). The number of aromatic nitrogens is 1. The molecule has 1 aliphatic carbocycles. The maximum absolute atomic E-state index is 13.1. The first-order valence-corrected chi connectivity index (χ1v) is 8.73. The zero-order valence-corrected chi connectivity index (χ0v) is 14.7. The summed E-state index contributed by atoms with van der Waals surface area (Å²) in [6.07, 6.45) is 2.03. The molecule has 6 heteroatoms. The normalized spacial score (nSPS) is 13.7. The van der Waals surface area contributed by atoms with E-state index < -0.39 is 0 Å². The molecule has 2 aromatic carbocycles. The van der Waals surface area contributed by atoms with Gasteiger partial charge in [-0.25, -0.2) is 0 Å². The number of aryl methyl sites for hydroxylation is 1. The van der Waals surface area contributed by atoms with E-state index in [2.05, 4.69) is 21.1 Å². The number of Topliss-reactive ketones (excluding diaryl/α,β-unsaturated/α-hetero) is 1. The van der Waals surface area contributed by atoms with Crippen LogP contribution < -0.4 is 0 Å². The molecule has 25 heavy (non-hydrogen) atoms. The van der Waals surface area contributed by atoms with Crippen molar-refractivity contribution in [3.63, 3.8) is 0 Å². The summed E-state index contributed by atoms with van der Waals surface area (Å²) >= 11 is 3.46. The van der Waals surface area contributed by atoms with Crippen LogP contribution in [-0.4, -0.2) is 16.3 Å². The molecule has 0 unspecified atom stereocenters. The Hall–Kier alpha value is -2.60. The Morgan fingerprint density at radius 1 is 1.08 bits per heavy atom. The highest BCUT2D eigenvalue weighted by atomic mass is 79.9. The molecule has 124 valence electrons. The number of carbonyl (C=O) groups excluding carboxylic acids is 2. The molecule has 0 spiro atoms. The Morgan fingerprint density at radius 3 is 2.56 bits per heavy atom. The average Bonchev–Trinajstić information content (AvgIpc) is 2.96. The van der Waals surface area contributed by atoms with E-state index in [1.165, 1.54) is 16.7 Å². The smallest absolute Gasteiger partial charge is 0.262 e. The molecule has 0 N–H and O–H groups in total. The van der Waals surface area contributed by atoms with Crippen molar-refractivity contribution in [2.75, 3.05) is 0 Å². The van der Waals surface area contributed by atoms with E-state index in [-0.39, 0.29) is 17.4 Å². The van der Waals surface area contributed by atoms with Crippen LogP contribution in [0.5, 0.6) is 0 Å². The van der Waals surface area contributed by atoms with E-state index in [9.17, 15) is 14.5 Å². The fourth-order valence-corrected chi connectivity index (χ4v) is 3.78. The molecule has 1 heterocycles. The monoisotopic (exact) mass is 396 g/mol. The predicted octanol–water partition coefficient (Wildman–Crippen LogP) is 5.01. The summed E-state index contributed by atoms with van der Waals surface area (Å²) in [5.74, 6) is -0.283. The Kier molecular flexibility index (Phi) is 3.84. The number of halogens is 1. The summed E-state index contributed by atoms with van der Waals surface area (Å²) < 4.78 is 2.42. The van der Waals surface area contributed by atoms with Crippen molar-refractivity contribution in [1.82, 2.24) is 4.57 Å². The van der Waals surface area contributed by atoms with Gasteiger partial charge in [-0.15, -0.1) is 4.91 Å². The summed E-state index contributed by atoms with van der Waals surface area (Å²) in [4.78, 5) is 36.2. The van der Waals surface area contributed by atoms with Crippen LogP contribution in [0.4, 0.5) is 5.69 Å². The number of rotatable bonds is 2. The van der Waals surface area contributed by atoms with E-state index in [4.69, 9.17) is 0 Å². The van der Waals surface area contributed by atoms with E-state index in [0.29, 0.717) is 17.7 Å². The van der Waals surface area contributed by atoms with Crippen molar-refractivity contribution in [1.29, 1.82) is 0 Å². The van der Waals surface area contributed by atoms with Gasteiger partial charge in [0.2, 0.25) is 0 Å². The fraction of sp³-hybridized carbons (Fsp3) is 0.158. The Labute approximate surface area is 151 Å². The lowest BCUT2D eigenvalue weighted by Gasteiger charge is -2.14. The first kappa shape index (κ1) is 15.9. The number of benzene rings is 2. The molecule has 0 saturated heterocycles. The Balaban J connectivity index is 1.96. The van der Waals surface area contributed by atoms with Crippen LogP contribution in [0, 0.1) is 4.91 Å². The van der Waals surface area contributed by atoms with Crippen molar-refractivity contribution in [3.8, 4) is 0 Å². The summed E-state index contributed by atoms with van der Waals surface area (Å²) in [6.45, 7) is 0. The van der Waals surface area contributed by atoms with E-state index in [1.54, 1.807) is 12.1 Å². The van der Waals surface area contributed by atoms with Crippen molar-refractivity contribution in [2.45, 2.75) is 19.3 Å². The van der Waals surface area contributed by atoms with Crippen LogP contribution in [-0.2, 0) is 6.42 Å². The van der Waals surface area contributed by atoms with Gasteiger partial charge in [-0.3, -0.25) is 14.2 Å². The number of nitrogens with zero attached hydrogens (tertiary/aromatic N) is 2. The number of ketones is 1. The van der Waals surface area contributed by atoms with Gasteiger partial charge in [-0.1, -0.05) is 15.9 Å². The van der Waals surface area contributed by atoms with Gasteiger partial charge in [0.25, 0.3) is 5.91 Å². The number of carbonyl (C=O) groups is 2. The largest absolute Gasteiger partial charge is 0.293 e. The molecule has 3 aromatic rings. The van der Waals surface area contributed by atoms with Crippen molar-refractivity contribution < 1.29 is 9.59 Å². The number of nitroso groups, excluding NO2 is 1. The molecule has 1 aromatic heterocycles. The highest BCUT2D eigenvalue weighted by molar-refractivity contribution is 9.10. The SMILES string of the molecule is O=Nc1ccc(C(=O)n2c3c(c4cc(Br)ccc42)CCCC3=O)cc1. The van der Waals surface area contributed by atoms with Gasteiger partial charge in [0.05, 0.1) is 11.2 Å². The molecular formula is C19H13BrN2O3. The third-order valence-electron chi connectivity index (χ3n) is 4.55. The molecule has 0 amide bonds. The van der Waals surface area contributed by atoms with Gasteiger partial charge in [0.1, 0.15) is 5.69 Å². The first-order valence-electron chi connectivity index (χ1n) is 7.94. The molecule has 1 aliphatic rings. The highest BCUT2D eigenvalue weighted by Crippen LogP contribution is 2.34. The second kappa shape index (κ2) is 6.04. The number of fused-ring (bicyclic) bond motifs is 3. The second-order valence-corrected chi connectivity index (χ2v) is 6.96. The lowest BCUT2D eigenvalue weighted by atomic mass is 9.94. The maximum atomic E-state index is 13.1. The lowest BCUT2D eigenvalue weighted by molar-refractivity contribution is 0.0913. The van der Waals surface area contributed by atoms with Crippen LogP contribution in [0.1, 0.15) is 39.3 Å². The van der Waals surface area contributed by atoms with Gasteiger partial charge in [0, 0.05) is 21.8 Å². The fourth-order valence-electron chi connectivity index (χ4n) is 3.42. The zero-order chi connectivity index (χ0) is 17.6. The van der Waals surface area contributed by atoms with E-state index >= 15 is 0 Å².